The largest absolute Gasteiger partial charge is 0.401 e. The van der Waals surface area contributed by atoms with E-state index >= 15 is 0 Å². The fraction of sp³-hybridized carbons (Fsp3) is 0.733. The highest BCUT2D eigenvalue weighted by atomic mass is 16.6. The number of nitrogens with two attached hydrogens (primary N) is 1. The molecule has 2 atom stereocenters. The zero-order valence-corrected chi connectivity index (χ0v) is 12.3. The molecular weight excluding hydrogens is 256 g/mol. The molecule has 112 valence electrons. The van der Waals surface area contributed by atoms with Crippen molar-refractivity contribution >= 4 is 5.78 Å². The lowest BCUT2D eigenvalue weighted by molar-refractivity contribution is -0.241. The standard InChI is InChI=1S/C15H24N2O3/c1-3-7-11(13(18)10-16)14(17)12-8-5-6-9-15(12,19)20-4-2/h12,19H,3-9,17H2,1-2H3/b14-11-/t12-,15?/m1/s1. The number of aliphatic hydroxyl groups is 1. The number of allylic oxidation sites excluding steroid dienone is 1. The summed E-state index contributed by atoms with van der Waals surface area (Å²) < 4.78 is 5.49. The number of carbonyl (C=O) groups is 1. The van der Waals surface area contributed by atoms with Crippen LogP contribution in [0.3, 0.4) is 0 Å². The molecule has 1 aliphatic carbocycles. The highest BCUT2D eigenvalue weighted by Gasteiger charge is 2.42. The minimum Gasteiger partial charge on any atom is -0.401 e. The zero-order valence-electron chi connectivity index (χ0n) is 12.3. The van der Waals surface area contributed by atoms with Gasteiger partial charge in [-0.05, 0) is 26.2 Å². The fourth-order valence-corrected chi connectivity index (χ4v) is 2.86. The maximum absolute atomic E-state index is 11.7. The fourth-order valence-electron chi connectivity index (χ4n) is 2.86. The van der Waals surface area contributed by atoms with Crippen molar-refractivity contribution in [1.29, 1.82) is 5.26 Å². The predicted molar refractivity (Wildman–Crippen MR) is 75.3 cm³/mol. The van der Waals surface area contributed by atoms with Crippen molar-refractivity contribution < 1.29 is 14.6 Å². The van der Waals surface area contributed by atoms with Crippen LogP contribution < -0.4 is 5.73 Å². The quantitative estimate of drug-likeness (QED) is 0.441. The summed E-state index contributed by atoms with van der Waals surface area (Å²) in [5, 5.41) is 19.5. The Morgan fingerprint density at radius 3 is 2.75 bits per heavy atom. The van der Waals surface area contributed by atoms with Gasteiger partial charge in [-0.2, -0.15) is 5.26 Å². The first-order valence-electron chi connectivity index (χ1n) is 7.29. The summed E-state index contributed by atoms with van der Waals surface area (Å²) in [5.41, 5.74) is 6.79. The van der Waals surface area contributed by atoms with E-state index in [1.807, 2.05) is 13.8 Å². The van der Waals surface area contributed by atoms with Crippen LogP contribution in [0.15, 0.2) is 11.3 Å². The molecule has 1 saturated carbocycles. The van der Waals surface area contributed by atoms with E-state index in [1.165, 1.54) is 0 Å². The molecule has 0 aliphatic heterocycles. The van der Waals surface area contributed by atoms with Gasteiger partial charge in [0.25, 0.3) is 5.78 Å². The molecular formula is C15H24N2O3. The van der Waals surface area contributed by atoms with Gasteiger partial charge in [-0.1, -0.05) is 19.8 Å². The highest BCUT2D eigenvalue weighted by molar-refractivity contribution is 6.07. The number of nitrogens with zero attached hydrogens (tertiary/aromatic N) is 1. The van der Waals surface area contributed by atoms with E-state index in [0.29, 0.717) is 37.1 Å². The third-order valence-corrected chi connectivity index (χ3v) is 3.82. The molecule has 3 N–H and O–H groups in total. The van der Waals surface area contributed by atoms with Gasteiger partial charge in [0.05, 0.1) is 5.92 Å². The third-order valence-electron chi connectivity index (χ3n) is 3.82. The lowest BCUT2D eigenvalue weighted by Crippen LogP contribution is -2.46. The molecule has 0 aromatic rings. The van der Waals surface area contributed by atoms with Gasteiger partial charge >= 0.3 is 0 Å². The average molecular weight is 280 g/mol. The molecule has 20 heavy (non-hydrogen) atoms. The number of hydrogen-bond acceptors (Lipinski definition) is 5. The molecule has 0 aromatic heterocycles. The van der Waals surface area contributed by atoms with E-state index in [2.05, 4.69) is 0 Å². The molecule has 0 spiro atoms. The highest BCUT2D eigenvalue weighted by Crippen LogP contribution is 2.39. The van der Waals surface area contributed by atoms with Gasteiger partial charge in [0, 0.05) is 24.3 Å². The minimum absolute atomic E-state index is 0.328. The van der Waals surface area contributed by atoms with Gasteiger partial charge in [0.2, 0.25) is 0 Å². The van der Waals surface area contributed by atoms with E-state index in [-0.39, 0.29) is 0 Å². The Kier molecular flexibility index (Phi) is 6.18. The van der Waals surface area contributed by atoms with Gasteiger partial charge in [-0.25, -0.2) is 0 Å². The van der Waals surface area contributed by atoms with E-state index in [0.717, 1.165) is 19.3 Å². The Labute approximate surface area is 120 Å². The van der Waals surface area contributed by atoms with Crippen molar-refractivity contribution in [1.82, 2.24) is 0 Å². The number of carbonyl (C=O) groups excluding carboxylic acids is 1. The van der Waals surface area contributed by atoms with Crippen LogP contribution in [-0.4, -0.2) is 23.3 Å². The molecule has 0 amide bonds. The first kappa shape index (κ1) is 16.7. The Bertz CT molecular complexity index is 421. The number of hydrogen-bond donors (Lipinski definition) is 2. The molecule has 1 unspecified atom stereocenters. The van der Waals surface area contributed by atoms with Crippen LogP contribution in [0.1, 0.15) is 52.4 Å². The van der Waals surface area contributed by atoms with Crippen LogP contribution >= 0.6 is 0 Å². The summed E-state index contributed by atoms with van der Waals surface area (Å²) in [4.78, 5) is 11.7. The molecule has 0 aromatic carbocycles. The van der Waals surface area contributed by atoms with Gasteiger partial charge in [-0.3, -0.25) is 4.79 Å². The Morgan fingerprint density at radius 2 is 2.20 bits per heavy atom. The van der Waals surface area contributed by atoms with Crippen LogP contribution in [0.25, 0.3) is 0 Å². The van der Waals surface area contributed by atoms with Gasteiger partial charge in [0.1, 0.15) is 6.07 Å². The van der Waals surface area contributed by atoms with Crippen LogP contribution in [-0.2, 0) is 9.53 Å². The van der Waals surface area contributed by atoms with E-state index < -0.39 is 17.5 Å². The summed E-state index contributed by atoms with van der Waals surface area (Å²) in [6.45, 7) is 4.13. The van der Waals surface area contributed by atoms with Crippen LogP contribution in [0.2, 0.25) is 0 Å². The number of ether oxygens (including phenoxy) is 1. The summed E-state index contributed by atoms with van der Waals surface area (Å²) in [7, 11) is 0. The molecule has 5 nitrogen and oxygen atoms in total. The predicted octanol–water partition coefficient (Wildman–Crippen LogP) is 2.01. The monoisotopic (exact) mass is 280 g/mol. The molecule has 0 heterocycles. The molecule has 0 bridgehead atoms. The second-order valence-electron chi connectivity index (χ2n) is 5.20. The number of Topliss-reactive ketones (excluding diaryl/α,β-unsaturated/α-hetero) is 1. The molecule has 1 rings (SSSR count). The summed E-state index contributed by atoms with van der Waals surface area (Å²) >= 11 is 0. The molecule has 5 heteroatoms. The number of ketones is 1. The first-order valence-corrected chi connectivity index (χ1v) is 7.29. The SMILES string of the molecule is CCC/C(C(=O)C#N)=C(/N)[C@H]1CCCCC1(O)OCC. The van der Waals surface area contributed by atoms with Gasteiger partial charge < -0.3 is 15.6 Å². The molecule has 1 fully saturated rings. The Morgan fingerprint density at radius 1 is 1.50 bits per heavy atom. The molecule has 0 saturated heterocycles. The van der Waals surface area contributed by atoms with Crippen molar-refractivity contribution in [2.45, 2.75) is 58.2 Å². The zero-order chi connectivity index (χ0) is 15.2. The average Bonchev–Trinajstić information content (AvgIpc) is 2.43. The molecule has 0 radical (unpaired) electrons. The van der Waals surface area contributed by atoms with Crippen molar-refractivity contribution in [2.75, 3.05) is 6.61 Å². The van der Waals surface area contributed by atoms with Gasteiger partial charge in [-0.15, -0.1) is 0 Å². The van der Waals surface area contributed by atoms with Crippen LogP contribution in [0.5, 0.6) is 0 Å². The Hall–Kier alpha value is -1.38. The van der Waals surface area contributed by atoms with E-state index in [4.69, 9.17) is 15.7 Å². The van der Waals surface area contributed by atoms with E-state index in [9.17, 15) is 9.90 Å². The van der Waals surface area contributed by atoms with Crippen molar-refractivity contribution in [3.05, 3.63) is 11.3 Å². The maximum atomic E-state index is 11.7. The van der Waals surface area contributed by atoms with Crippen molar-refractivity contribution in [2.24, 2.45) is 11.7 Å². The van der Waals surface area contributed by atoms with Crippen LogP contribution in [0, 0.1) is 17.2 Å². The topological polar surface area (TPSA) is 96.3 Å². The lowest BCUT2D eigenvalue weighted by atomic mass is 9.79. The summed E-state index contributed by atoms with van der Waals surface area (Å²) in [6.07, 6.45) is 4.16. The van der Waals surface area contributed by atoms with Crippen molar-refractivity contribution in [3.8, 4) is 6.07 Å². The van der Waals surface area contributed by atoms with Crippen LogP contribution in [0.4, 0.5) is 0 Å². The third kappa shape index (κ3) is 3.59. The smallest absolute Gasteiger partial charge is 0.259 e. The van der Waals surface area contributed by atoms with Crippen molar-refractivity contribution in [3.63, 3.8) is 0 Å². The minimum atomic E-state index is -1.31. The normalized spacial score (nSPS) is 27.6. The van der Waals surface area contributed by atoms with E-state index in [1.54, 1.807) is 6.07 Å². The van der Waals surface area contributed by atoms with Gasteiger partial charge in [0.15, 0.2) is 5.79 Å². The molecule has 1 aliphatic rings. The first-order chi connectivity index (χ1) is 9.50. The second kappa shape index (κ2) is 7.41. The number of nitriles is 1. The number of rotatable bonds is 6. The summed E-state index contributed by atoms with van der Waals surface area (Å²) in [6, 6.07) is 1.63. The maximum Gasteiger partial charge on any atom is 0.259 e. The summed E-state index contributed by atoms with van der Waals surface area (Å²) in [5.74, 6) is -2.32. The Balaban J connectivity index is 3.14. The second-order valence-corrected chi connectivity index (χ2v) is 5.20. The lowest BCUT2D eigenvalue weighted by Gasteiger charge is -2.40.